The van der Waals surface area contributed by atoms with E-state index < -0.39 is 16.5 Å². The van der Waals surface area contributed by atoms with E-state index in [-0.39, 0.29) is 0 Å². The zero-order chi connectivity index (χ0) is 9.86. The molecule has 0 rings (SSSR count). The molecule has 10 heteroatoms. The molecule has 0 aromatic carbocycles. The number of nitrogens with two attached hydrogens (primary N) is 1. The third-order valence-electron chi connectivity index (χ3n) is 0. The molecule has 0 aromatic heterocycles. The van der Waals surface area contributed by atoms with Gasteiger partial charge in [-0.25, -0.2) is 0 Å². The van der Waals surface area contributed by atoms with Crippen LogP contribution in [0.2, 0.25) is 0 Å². The summed E-state index contributed by atoms with van der Waals surface area (Å²) >= 11 is 1.93. The van der Waals surface area contributed by atoms with Crippen LogP contribution in [0.3, 0.4) is 0 Å². The summed E-state index contributed by atoms with van der Waals surface area (Å²) in [6, 6.07) is 0. The van der Waals surface area contributed by atoms with Crippen LogP contribution in [-0.2, 0) is 28.5 Å². The average molecular weight is 388 g/mol. The van der Waals surface area contributed by atoms with Gasteiger partial charge < -0.3 is 19.6 Å². The summed E-state index contributed by atoms with van der Waals surface area (Å²) in [6.45, 7) is 0. The Hall–Kier alpha value is 0.818. The smallest absolute Gasteiger partial charge is 0.314 e. The molecule has 0 aliphatic heterocycles. The Morgan fingerprint density at radius 1 is 1.09 bits per heavy atom. The van der Waals surface area contributed by atoms with Gasteiger partial charge in [0, 0.05) is 0 Å². The quantitative estimate of drug-likeness (QED) is 0.302. The molecular formula is CH9NO6P2Pt. The third kappa shape index (κ3) is 1260. The van der Waals surface area contributed by atoms with Gasteiger partial charge in [-0.15, -0.1) is 0 Å². The largest absolute Gasteiger partial charge is 0.326 e. The minimum atomic E-state index is -3.13. The second-order valence-electron chi connectivity index (χ2n) is 0.671. The minimum absolute atomic E-state index is 1.47. The summed E-state index contributed by atoms with van der Waals surface area (Å²) in [4.78, 5) is 28.6. The molecule has 74 valence electrons. The van der Waals surface area contributed by atoms with Crippen molar-refractivity contribution in [2.24, 2.45) is 5.73 Å². The maximum Gasteiger partial charge on any atom is 0.314 e. The molecule has 0 saturated heterocycles. The van der Waals surface area contributed by atoms with E-state index in [0.717, 1.165) is 0 Å². The second kappa shape index (κ2) is 17.1. The van der Waals surface area contributed by atoms with Crippen LogP contribution in [0.25, 0.3) is 0 Å². The number of hydrogen-bond acceptors (Lipinski definition) is 3. The van der Waals surface area contributed by atoms with Gasteiger partial charge >= 0.3 is 46.1 Å². The van der Waals surface area contributed by atoms with Crippen molar-refractivity contribution in [3.05, 3.63) is 0 Å². The van der Waals surface area contributed by atoms with Crippen molar-refractivity contribution in [2.45, 2.75) is 0 Å². The first-order valence-corrected chi connectivity index (χ1v) is 5.74. The van der Waals surface area contributed by atoms with Crippen molar-refractivity contribution in [2.75, 3.05) is 0 Å². The average Bonchev–Trinajstić information content (AvgIpc) is 1.60. The molecule has 0 aliphatic rings. The summed E-state index contributed by atoms with van der Waals surface area (Å²) in [6.07, 6.45) is 0. The Kier molecular flexibility index (Phi) is 27.6. The van der Waals surface area contributed by atoms with Crippen molar-refractivity contribution >= 4 is 21.0 Å². The van der Waals surface area contributed by atoms with Crippen LogP contribution in [-0.4, -0.2) is 24.1 Å². The molecule has 0 aromatic rings. The molecule has 0 heterocycles. The van der Waals surface area contributed by atoms with E-state index in [1.807, 2.05) is 19.4 Å². The number of hydrogen-bond donors (Lipinski definition) is 5. The molecule has 0 aliphatic carbocycles. The van der Waals surface area contributed by atoms with Crippen LogP contribution in [0.4, 0.5) is 0 Å². The van der Waals surface area contributed by atoms with Crippen LogP contribution in [0.1, 0.15) is 0 Å². The van der Waals surface area contributed by atoms with Crippen LogP contribution in [0.5, 0.6) is 0 Å². The molecule has 7 nitrogen and oxygen atoms in total. The summed E-state index contributed by atoms with van der Waals surface area (Å²) in [5.74, 6) is 0. The Balaban J connectivity index is -0.0000000886. The zero-order valence-electron chi connectivity index (χ0n) is 5.08. The number of rotatable bonds is 0. The standard InChI is InChI=1S/CH3N.2H3O3P.Pt/c1-2;2*1-4(2)3;/h1H,2H2;2*4H,(H2,1,2,3);. The van der Waals surface area contributed by atoms with Gasteiger partial charge in [0.2, 0.25) is 0 Å². The maximum absolute atomic E-state index is 8.74. The first-order valence-electron chi connectivity index (χ1n) is 1.82. The summed E-state index contributed by atoms with van der Waals surface area (Å²) in [5, 5.41) is 0. The fraction of sp³-hybridized carbons (Fsp3) is 0. The van der Waals surface area contributed by atoms with Crippen LogP contribution in [0.15, 0.2) is 0 Å². The van der Waals surface area contributed by atoms with Crippen molar-refractivity contribution in [3.63, 3.8) is 0 Å². The van der Waals surface area contributed by atoms with Gasteiger partial charge in [0.25, 0.3) is 0 Å². The Morgan fingerprint density at radius 2 is 1.09 bits per heavy atom. The molecule has 0 amide bonds. The molecular weight excluding hydrogens is 379 g/mol. The van der Waals surface area contributed by atoms with E-state index >= 15 is 0 Å². The molecule has 0 saturated carbocycles. The fourth-order valence-corrected chi connectivity index (χ4v) is 0. The van der Waals surface area contributed by atoms with Crippen molar-refractivity contribution in [1.29, 1.82) is 0 Å². The first kappa shape index (κ1) is 17.8. The van der Waals surface area contributed by atoms with Crippen molar-refractivity contribution in [1.82, 2.24) is 0 Å². The Bertz CT molecular complexity index is 108. The van der Waals surface area contributed by atoms with Crippen LogP contribution < -0.4 is 5.73 Å². The summed E-state index contributed by atoms with van der Waals surface area (Å²) < 4.78 is 19.0. The van der Waals surface area contributed by atoms with Gasteiger partial charge in [-0.05, 0) is 0 Å². The van der Waals surface area contributed by atoms with Crippen LogP contribution >= 0.6 is 16.5 Å². The van der Waals surface area contributed by atoms with Gasteiger partial charge in [0.1, 0.15) is 0 Å². The van der Waals surface area contributed by atoms with E-state index in [1.165, 1.54) is 4.52 Å². The van der Waals surface area contributed by atoms with E-state index in [4.69, 9.17) is 34.4 Å². The molecule has 0 atom stereocenters. The monoisotopic (exact) mass is 388 g/mol. The normalized spacial score (nSPS) is 7.73. The molecule has 0 radical (unpaired) electrons. The molecule has 0 fully saturated rings. The van der Waals surface area contributed by atoms with Crippen molar-refractivity contribution < 1.29 is 48.1 Å². The van der Waals surface area contributed by atoms with Gasteiger partial charge in [0.05, 0.1) is 0 Å². The Morgan fingerprint density at radius 3 is 1.09 bits per heavy atom. The van der Waals surface area contributed by atoms with E-state index in [0.29, 0.717) is 0 Å². The van der Waals surface area contributed by atoms with Crippen molar-refractivity contribution in [3.8, 4) is 0 Å². The Labute approximate surface area is 75.2 Å². The maximum atomic E-state index is 8.74. The van der Waals surface area contributed by atoms with Gasteiger partial charge in [0.15, 0.2) is 0 Å². The molecule has 0 bridgehead atoms. The third-order valence-corrected chi connectivity index (χ3v) is 0. The van der Waals surface area contributed by atoms with Crippen LogP contribution in [0, 0.1) is 0 Å². The van der Waals surface area contributed by atoms with Gasteiger partial charge in [-0.1, -0.05) is 0 Å². The zero-order valence-corrected chi connectivity index (χ0v) is 9.35. The van der Waals surface area contributed by atoms with E-state index in [9.17, 15) is 0 Å². The molecule has 0 unspecified atom stereocenters. The predicted molar refractivity (Wildman–Crippen MR) is 37.1 cm³/mol. The minimum Gasteiger partial charge on any atom is -0.326 e. The predicted octanol–water partition coefficient (Wildman–Crippen LogP) is -2.03. The molecule has 11 heavy (non-hydrogen) atoms. The molecule has 0 spiro atoms. The van der Waals surface area contributed by atoms with Gasteiger partial charge in [-0.2, -0.15) is 0 Å². The van der Waals surface area contributed by atoms with Gasteiger partial charge in [-0.3, -0.25) is 9.13 Å². The fourth-order valence-electron chi connectivity index (χ4n) is 0. The SMILES string of the molecule is N[CH]=[Pt].O=[PH](O)O.O=[PH](O)O. The summed E-state index contributed by atoms with van der Waals surface area (Å²) in [7, 11) is -6.26. The first-order chi connectivity index (χ1) is 4.88. The topological polar surface area (TPSA) is 141 Å². The molecule has 6 N–H and O–H groups in total. The van der Waals surface area contributed by atoms with E-state index in [1.54, 1.807) is 0 Å². The second-order valence-corrected chi connectivity index (χ2v) is 2.56. The summed E-state index contributed by atoms with van der Waals surface area (Å²) in [5.41, 5.74) is 4.71. The van der Waals surface area contributed by atoms with E-state index in [2.05, 4.69) is 0 Å².